The Kier molecular flexibility index (Phi) is 16.3. The molecule has 0 atom stereocenters. The fourth-order valence-corrected chi connectivity index (χ4v) is 2.67. The zero-order valence-corrected chi connectivity index (χ0v) is 15.2. The summed E-state index contributed by atoms with van der Waals surface area (Å²) in [6, 6.07) is 0. The fraction of sp³-hybridized carbons (Fsp3) is 0.800. The van der Waals surface area contributed by atoms with E-state index in [0.29, 0.717) is 0 Å². The van der Waals surface area contributed by atoms with Crippen LogP contribution in [0, 0.1) is 0 Å². The summed E-state index contributed by atoms with van der Waals surface area (Å²) in [6.45, 7) is 6.22. The molecule has 0 amide bonds. The molecule has 0 aromatic heterocycles. The van der Waals surface area contributed by atoms with Crippen molar-refractivity contribution in [2.24, 2.45) is 11.5 Å². The number of hydrogen-bond acceptors (Lipinski definition) is 2. The molecule has 0 saturated carbocycles. The topological polar surface area (TPSA) is 52.0 Å². The molecule has 0 heterocycles. The molecule has 0 aromatic rings. The SMILES string of the molecule is CC(=CCCC=C(C)CCCCCCCN)CCCCCN. The Hall–Kier alpha value is -0.600. The molecule has 2 nitrogen and oxygen atoms in total. The van der Waals surface area contributed by atoms with E-state index in [1.54, 1.807) is 11.1 Å². The maximum absolute atomic E-state index is 5.51. The maximum Gasteiger partial charge on any atom is -0.00773 e. The van der Waals surface area contributed by atoms with Gasteiger partial charge in [0.15, 0.2) is 0 Å². The van der Waals surface area contributed by atoms with E-state index >= 15 is 0 Å². The molecule has 0 saturated heterocycles. The quantitative estimate of drug-likeness (QED) is 0.311. The minimum atomic E-state index is 0.833. The molecule has 130 valence electrons. The molecule has 0 aliphatic heterocycles. The van der Waals surface area contributed by atoms with Gasteiger partial charge in [-0.05, 0) is 78.3 Å². The maximum atomic E-state index is 5.51. The third-order valence-corrected chi connectivity index (χ3v) is 4.20. The summed E-state index contributed by atoms with van der Waals surface area (Å²) in [5.41, 5.74) is 14.1. The number of nitrogens with two attached hydrogens (primary N) is 2. The van der Waals surface area contributed by atoms with Crippen molar-refractivity contribution in [1.82, 2.24) is 0 Å². The number of unbranched alkanes of at least 4 members (excludes halogenated alkanes) is 7. The van der Waals surface area contributed by atoms with E-state index < -0.39 is 0 Å². The Morgan fingerprint density at radius 3 is 1.41 bits per heavy atom. The second-order valence-electron chi connectivity index (χ2n) is 6.58. The van der Waals surface area contributed by atoms with Crippen molar-refractivity contribution in [2.75, 3.05) is 13.1 Å². The van der Waals surface area contributed by atoms with Crippen LogP contribution in [0.2, 0.25) is 0 Å². The van der Waals surface area contributed by atoms with Gasteiger partial charge in [0.05, 0.1) is 0 Å². The lowest BCUT2D eigenvalue weighted by Crippen LogP contribution is -1.97. The second kappa shape index (κ2) is 16.8. The van der Waals surface area contributed by atoms with Gasteiger partial charge in [0.2, 0.25) is 0 Å². The van der Waals surface area contributed by atoms with Crippen LogP contribution in [0.15, 0.2) is 23.3 Å². The highest BCUT2D eigenvalue weighted by Crippen LogP contribution is 2.13. The van der Waals surface area contributed by atoms with E-state index in [9.17, 15) is 0 Å². The molecular formula is C20H40N2. The third-order valence-electron chi connectivity index (χ3n) is 4.20. The molecule has 0 aromatic carbocycles. The predicted molar refractivity (Wildman–Crippen MR) is 101 cm³/mol. The Morgan fingerprint density at radius 1 is 0.591 bits per heavy atom. The van der Waals surface area contributed by atoms with Crippen LogP contribution in [0.5, 0.6) is 0 Å². The van der Waals surface area contributed by atoms with Crippen LogP contribution in [0.25, 0.3) is 0 Å². The predicted octanol–water partition coefficient (Wildman–Crippen LogP) is 5.48. The van der Waals surface area contributed by atoms with Gasteiger partial charge in [-0.3, -0.25) is 0 Å². The number of hydrogen-bond donors (Lipinski definition) is 2. The highest BCUT2D eigenvalue weighted by atomic mass is 14.5. The van der Waals surface area contributed by atoms with Crippen molar-refractivity contribution in [1.29, 1.82) is 0 Å². The van der Waals surface area contributed by atoms with Gasteiger partial charge in [0.25, 0.3) is 0 Å². The van der Waals surface area contributed by atoms with Gasteiger partial charge in [-0.25, -0.2) is 0 Å². The molecule has 0 radical (unpaired) electrons. The number of allylic oxidation sites excluding steroid dienone is 4. The van der Waals surface area contributed by atoms with Crippen LogP contribution in [-0.2, 0) is 0 Å². The zero-order valence-electron chi connectivity index (χ0n) is 15.2. The van der Waals surface area contributed by atoms with Crippen LogP contribution in [-0.4, -0.2) is 13.1 Å². The summed E-state index contributed by atoms with van der Waals surface area (Å²) >= 11 is 0. The smallest absolute Gasteiger partial charge is 0.00773 e. The van der Waals surface area contributed by atoms with E-state index in [1.165, 1.54) is 77.0 Å². The van der Waals surface area contributed by atoms with Crippen molar-refractivity contribution < 1.29 is 0 Å². The Bertz CT molecular complexity index is 292. The van der Waals surface area contributed by atoms with Crippen LogP contribution in [0.4, 0.5) is 0 Å². The summed E-state index contributed by atoms with van der Waals surface area (Å²) in [5, 5.41) is 0. The Labute approximate surface area is 139 Å². The van der Waals surface area contributed by atoms with Crippen molar-refractivity contribution in [3.05, 3.63) is 23.3 Å². The largest absolute Gasteiger partial charge is 0.330 e. The minimum absolute atomic E-state index is 0.833. The first-order valence-corrected chi connectivity index (χ1v) is 9.42. The highest BCUT2D eigenvalue weighted by molar-refractivity contribution is 5.02. The summed E-state index contributed by atoms with van der Waals surface area (Å²) in [4.78, 5) is 0. The summed E-state index contributed by atoms with van der Waals surface area (Å²) in [6.07, 6.45) is 20.0. The average molecular weight is 309 g/mol. The number of rotatable bonds is 15. The second-order valence-corrected chi connectivity index (χ2v) is 6.58. The molecule has 0 rings (SSSR count). The molecule has 0 aliphatic rings. The Balaban J connectivity index is 3.56. The van der Waals surface area contributed by atoms with E-state index in [2.05, 4.69) is 26.0 Å². The normalized spacial score (nSPS) is 12.9. The zero-order chi connectivity index (χ0) is 16.5. The molecule has 0 aliphatic carbocycles. The monoisotopic (exact) mass is 308 g/mol. The first kappa shape index (κ1) is 21.4. The van der Waals surface area contributed by atoms with Crippen LogP contribution < -0.4 is 11.5 Å². The first-order chi connectivity index (χ1) is 10.7. The first-order valence-electron chi connectivity index (χ1n) is 9.42. The van der Waals surface area contributed by atoms with Gasteiger partial charge in [0, 0.05) is 0 Å². The van der Waals surface area contributed by atoms with Gasteiger partial charge in [-0.15, -0.1) is 0 Å². The van der Waals surface area contributed by atoms with E-state index in [1.807, 2.05) is 0 Å². The summed E-state index contributed by atoms with van der Waals surface area (Å²) < 4.78 is 0. The van der Waals surface area contributed by atoms with Crippen molar-refractivity contribution in [3.8, 4) is 0 Å². The van der Waals surface area contributed by atoms with Crippen molar-refractivity contribution in [3.63, 3.8) is 0 Å². The van der Waals surface area contributed by atoms with Gasteiger partial charge in [-0.1, -0.05) is 49.0 Å². The standard InChI is InChI=1S/C20H40N2/c1-19(13-7-4-3-5-11-17-21)15-9-10-16-20(2)14-8-6-12-18-22/h15-16H,3-14,17-18,21-22H2,1-2H3. The molecule has 0 fully saturated rings. The van der Waals surface area contributed by atoms with Crippen LogP contribution in [0.3, 0.4) is 0 Å². The highest BCUT2D eigenvalue weighted by Gasteiger charge is 1.94. The molecule has 4 N–H and O–H groups in total. The fourth-order valence-electron chi connectivity index (χ4n) is 2.67. The lowest BCUT2D eigenvalue weighted by atomic mass is 10.0. The lowest BCUT2D eigenvalue weighted by Gasteiger charge is -2.03. The summed E-state index contributed by atoms with van der Waals surface area (Å²) in [5.74, 6) is 0. The van der Waals surface area contributed by atoms with Crippen LogP contribution >= 0.6 is 0 Å². The molecule has 22 heavy (non-hydrogen) atoms. The van der Waals surface area contributed by atoms with Crippen molar-refractivity contribution >= 4 is 0 Å². The van der Waals surface area contributed by atoms with Gasteiger partial charge >= 0.3 is 0 Å². The molecular weight excluding hydrogens is 268 g/mol. The molecule has 0 spiro atoms. The summed E-state index contributed by atoms with van der Waals surface area (Å²) in [7, 11) is 0. The Morgan fingerprint density at radius 2 is 0.955 bits per heavy atom. The van der Waals surface area contributed by atoms with Crippen LogP contribution in [0.1, 0.15) is 90.9 Å². The molecule has 0 bridgehead atoms. The lowest BCUT2D eigenvalue weighted by molar-refractivity contribution is 0.616. The molecule has 2 heteroatoms. The molecule has 0 unspecified atom stereocenters. The van der Waals surface area contributed by atoms with Gasteiger partial charge in [-0.2, -0.15) is 0 Å². The average Bonchev–Trinajstić information content (AvgIpc) is 2.51. The van der Waals surface area contributed by atoms with Gasteiger partial charge < -0.3 is 11.5 Å². The van der Waals surface area contributed by atoms with E-state index in [0.717, 1.165) is 13.1 Å². The van der Waals surface area contributed by atoms with E-state index in [-0.39, 0.29) is 0 Å². The van der Waals surface area contributed by atoms with Gasteiger partial charge in [0.1, 0.15) is 0 Å². The van der Waals surface area contributed by atoms with Crippen molar-refractivity contribution in [2.45, 2.75) is 90.9 Å². The minimum Gasteiger partial charge on any atom is -0.330 e. The third kappa shape index (κ3) is 15.8. The van der Waals surface area contributed by atoms with E-state index in [4.69, 9.17) is 11.5 Å².